The van der Waals surface area contributed by atoms with Gasteiger partial charge in [0, 0.05) is 0 Å². The third kappa shape index (κ3) is 2.44. The summed E-state index contributed by atoms with van der Waals surface area (Å²) in [7, 11) is 0. The van der Waals surface area contributed by atoms with Gasteiger partial charge in [-0.1, -0.05) is 0 Å². The van der Waals surface area contributed by atoms with E-state index in [9.17, 15) is 14.7 Å². The van der Waals surface area contributed by atoms with Crippen LogP contribution < -0.4 is 5.32 Å². The van der Waals surface area contributed by atoms with Crippen molar-refractivity contribution in [1.82, 2.24) is 5.32 Å². The smallest absolute Gasteiger partial charge is 0.329 e. The van der Waals surface area contributed by atoms with Crippen molar-refractivity contribution in [2.75, 3.05) is 0 Å². The molecule has 2 rings (SSSR count). The number of amides is 1. The molecule has 3 atom stereocenters. The number of ether oxygens (including phenoxy) is 1. The molecule has 2 N–H and O–H groups in total. The van der Waals surface area contributed by atoms with Crippen LogP contribution in [0.4, 0.5) is 0 Å². The minimum Gasteiger partial charge on any atom is -0.480 e. The van der Waals surface area contributed by atoms with Crippen LogP contribution in [-0.4, -0.2) is 34.7 Å². The van der Waals surface area contributed by atoms with Gasteiger partial charge in [0.1, 0.15) is 11.6 Å². The Bertz CT molecular complexity index is 339. The molecule has 2 fully saturated rings. The maximum atomic E-state index is 11.9. The zero-order valence-electron chi connectivity index (χ0n) is 10.2. The van der Waals surface area contributed by atoms with Crippen molar-refractivity contribution in [3.05, 3.63) is 0 Å². The van der Waals surface area contributed by atoms with Crippen LogP contribution >= 0.6 is 0 Å². The van der Waals surface area contributed by atoms with Gasteiger partial charge in [-0.15, -0.1) is 0 Å². The Morgan fingerprint density at radius 1 is 1.29 bits per heavy atom. The second-order valence-corrected chi connectivity index (χ2v) is 5.28. The van der Waals surface area contributed by atoms with Crippen LogP contribution in [-0.2, 0) is 14.3 Å². The molecule has 2 aliphatic rings. The van der Waals surface area contributed by atoms with Crippen LogP contribution in [0.2, 0.25) is 0 Å². The van der Waals surface area contributed by atoms with Gasteiger partial charge in [0.05, 0.1) is 6.10 Å². The fraction of sp³-hybridized carbons (Fsp3) is 0.833. The minimum absolute atomic E-state index is 0.0581. The Kier molecular flexibility index (Phi) is 3.12. The molecule has 1 heterocycles. The van der Waals surface area contributed by atoms with Crippen molar-refractivity contribution in [1.29, 1.82) is 0 Å². The lowest BCUT2D eigenvalue weighted by Gasteiger charge is -2.27. The van der Waals surface area contributed by atoms with E-state index in [1.807, 2.05) is 6.92 Å². The molecular formula is C12H19NO4. The van der Waals surface area contributed by atoms with E-state index in [2.05, 4.69) is 5.32 Å². The minimum atomic E-state index is -1.13. The number of hydrogen-bond donors (Lipinski definition) is 2. The van der Waals surface area contributed by atoms with Gasteiger partial charge in [0.2, 0.25) is 5.91 Å². The highest BCUT2D eigenvalue weighted by Gasteiger charge is 2.49. The summed E-state index contributed by atoms with van der Waals surface area (Å²) in [4.78, 5) is 23.2. The standard InChI is InChI=1S/C12H19NO4/c1-7-3-6-9(17-7)10(14)13-12(2,11(15)16)8-4-5-8/h7-9H,3-6H2,1-2H3,(H,13,14)(H,15,16)/t7-,9+,12+/m1/s1. The monoisotopic (exact) mass is 241 g/mol. The van der Waals surface area contributed by atoms with Crippen LogP contribution in [0.1, 0.15) is 39.5 Å². The highest BCUT2D eigenvalue weighted by Crippen LogP contribution is 2.40. The highest BCUT2D eigenvalue weighted by atomic mass is 16.5. The van der Waals surface area contributed by atoms with E-state index in [0.29, 0.717) is 6.42 Å². The molecule has 0 unspecified atom stereocenters. The summed E-state index contributed by atoms with van der Waals surface area (Å²) < 4.78 is 5.44. The third-order valence-electron chi connectivity index (χ3n) is 3.75. The number of carbonyl (C=O) groups excluding carboxylic acids is 1. The van der Waals surface area contributed by atoms with Gasteiger partial charge < -0.3 is 15.2 Å². The first-order valence-electron chi connectivity index (χ1n) is 6.14. The number of nitrogens with one attached hydrogen (secondary N) is 1. The molecular weight excluding hydrogens is 222 g/mol. The Hall–Kier alpha value is -1.10. The highest BCUT2D eigenvalue weighted by molar-refractivity contribution is 5.89. The molecule has 96 valence electrons. The molecule has 0 aromatic rings. The first kappa shape index (κ1) is 12.4. The average Bonchev–Trinajstić information content (AvgIpc) is 3.01. The van der Waals surface area contributed by atoms with E-state index in [1.165, 1.54) is 0 Å². The summed E-state index contributed by atoms with van der Waals surface area (Å²) in [5.74, 6) is -1.19. The molecule has 5 nitrogen and oxygen atoms in total. The molecule has 0 radical (unpaired) electrons. The zero-order valence-corrected chi connectivity index (χ0v) is 10.2. The predicted molar refractivity (Wildman–Crippen MR) is 60.5 cm³/mol. The molecule has 1 aliphatic carbocycles. The number of carbonyl (C=O) groups is 2. The van der Waals surface area contributed by atoms with Gasteiger partial charge in [-0.3, -0.25) is 4.79 Å². The van der Waals surface area contributed by atoms with E-state index in [1.54, 1.807) is 6.92 Å². The third-order valence-corrected chi connectivity index (χ3v) is 3.75. The Morgan fingerprint density at radius 2 is 1.94 bits per heavy atom. The van der Waals surface area contributed by atoms with E-state index in [-0.39, 0.29) is 17.9 Å². The zero-order chi connectivity index (χ0) is 12.6. The van der Waals surface area contributed by atoms with Crippen LogP contribution in [0.15, 0.2) is 0 Å². The summed E-state index contributed by atoms with van der Waals surface area (Å²) >= 11 is 0. The quantitative estimate of drug-likeness (QED) is 0.767. The van der Waals surface area contributed by atoms with Gasteiger partial charge in [-0.05, 0) is 45.4 Å². The number of carboxylic acids is 1. The maximum Gasteiger partial charge on any atom is 0.329 e. The van der Waals surface area contributed by atoms with E-state index < -0.39 is 17.6 Å². The van der Waals surface area contributed by atoms with Crippen molar-refractivity contribution < 1.29 is 19.4 Å². The molecule has 17 heavy (non-hydrogen) atoms. The van der Waals surface area contributed by atoms with Crippen LogP contribution in [0, 0.1) is 5.92 Å². The molecule has 0 aromatic carbocycles. The summed E-state index contributed by atoms with van der Waals surface area (Å²) in [5, 5.41) is 11.9. The normalized spacial score (nSPS) is 31.9. The first-order valence-corrected chi connectivity index (χ1v) is 6.14. The largest absolute Gasteiger partial charge is 0.480 e. The first-order chi connectivity index (χ1) is 7.93. The van der Waals surface area contributed by atoms with Crippen molar-refractivity contribution in [2.45, 2.75) is 57.3 Å². The average molecular weight is 241 g/mol. The van der Waals surface area contributed by atoms with Crippen molar-refractivity contribution >= 4 is 11.9 Å². The van der Waals surface area contributed by atoms with Gasteiger partial charge >= 0.3 is 5.97 Å². The summed E-state index contributed by atoms with van der Waals surface area (Å²) in [6, 6.07) is 0. The van der Waals surface area contributed by atoms with E-state index >= 15 is 0 Å². The number of rotatable bonds is 4. The Labute approximate surface area is 101 Å². The van der Waals surface area contributed by atoms with Crippen molar-refractivity contribution in [3.8, 4) is 0 Å². The fourth-order valence-electron chi connectivity index (χ4n) is 2.32. The van der Waals surface area contributed by atoms with Crippen LogP contribution in [0.25, 0.3) is 0 Å². The lowest BCUT2D eigenvalue weighted by atomic mass is 9.95. The number of hydrogen-bond acceptors (Lipinski definition) is 3. The summed E-state index contributed by atoms with van der Waals surface area (Å²) in [6.07, 6.45) is 2.86. The Balaban J connectivity index is 1.98. The van der Waals surface area contributed by atoms with Crippen molar-refractivity contribution in [3.63, 3.8) is 0 Å². The molecule has 1 aliphatic heterocycles. The predicted octanol–water partition coefficient (Wildman–Crippen LogP) is 0.923. The van der Waals surface area contributed by atoms with Gasteiger partial charge in [-0.2, -0.15) is 0 Å². The second-order valence-electron chi connectivity index (χ2n) is 5.28. The lowest BCUT2D eigenvalue weighted by Crippen LogP contribution is -2.56. The summed E-state index contributed by atoms with van der Waals surface area (Å²) in [6.45, 7) is 3.51. The summed E-state index contributed by atoms with van der Waals surface area (Å²) in [5.41, 5.74) is -1.13. The Morgan fingerprint density at radius 3 is 2.35 bits per heavy atom. The molecule has 1 amide bonds. The molecule has 5 heteroatoms. The number of aliphatic carboxylic acids is 1. The van der Waals surface area contributed by atoms with Gasteiger partial charge in [-0.25, -0.2) is 4.79 Å². The van der Waals surface area contributed by atoms with E-state index in [4.69, 9.17) is 4.74 Å². The van der Waals surface area contributed by atoms with Gasteiger partial charge in [0.25, 0.3) is 0 Å². The maximum absolute atomic E-state index is 11.9. The molecule has 1 saturated carbocycles. The van der Waals surface area contributed by atoms with Crippen LogP contribution in [0.3, 0.4) is 0 Å². The SMILES string of the molecule is C[C@@H]1CC[C@@H](C(=O)N[C@](C)(C(=O)O)C2CC2)O1. The topological polar surface area (TPSA) is 75.6 Å². The molecule has 0 spiro atoms. The lowest BCUT2D eigenvalue weighted by molar-refractivity contribution is -0.150. The van der Waals surface area contributed by atoms with Crippen LogP contribution in [0.5, 0.6) is 0 Å². The van der Waals surface area contributed by atoms with Gasteiger partial charge in [0.15, 0.2) is 0 Å². The molecule has 1 saturated heterocycles. The fourth-order valence-corrected chi connectivity index (χ4v) is 2.32. The van der Waals surface area contributed by atoms with E-state index in [0.717, 1.165) is 19.3 Å². The van der Waals surface area contributed by atoms with Crippen molar-refractivity contribution in [2.24, 2.45) is 5.92 Å². The second kappa shape index (κ2) is 4.29. The number of carboxylic acid groups (broad SMARTS) is 1. The molecule has 0 aromatic heterocycles. The molecule has 0 bridgehead atoms.